The van der Waals surface area contributed by atoms with Gasteiger partial charge in [-0.3, -0.25) is 4.79 Å². The highest BCUT2D eigenvalue weighted by atomic mass is 16.1. The van der Waals surface area contributed by atoms with Crippen LogP contribution in [0.25, 0.3) is 0 Å². The van der Waals surface area contributed by atoms with Gasteiger partial charge in [0.25, 0.3) is 0 Å². The van der Waals surface area contributed by atoms with E-state index in [2.05, 4.69) is 11.4 Å². The van der Waals surface area contributed by atoms with Crippen molar-refractivity contribution in [1.29, 1.82) is 5.26 Å². The zero-order valence-electron chi connectivity index (χ0n) is 7.08. The molecule has 1 aliphatic rings. The van der Waals surface area contributed by atoms with Gasteiger partial charge in [-0.15, -0.1) is 0 Å². The Morgan fingerprint density at radius 1 is 1.75 bits per heavy atom. The van der Waals surface area contributed by atoms with Crippen LogP contribution in [0, 0.1) is 17.2 Å². The number of nitrogens with one attached hydrogen (secondary N) is 1. The summed E-state index contributed by atoms with van der Waals surface area (Å²) in [4.78, 5) is 10.7. The Hall–Kier alpha value is -1.30. The van der Waals surface area contributed by atoms with Gasteiger partial charge in [-0.2, -0.15) is 5.26 Å². The quantitative estimate of drug-likeness (QED) is 0.587. The van der Waals surface area contributed by atoms with E-state index in [0.29, 0.717) is 0 Å². The third kappa shape index (κ3) is 2.09. The second kappa shape index (κ2) is 3.91. The van der Waals surface area contributed by atoms with E-state index in [4.69, 9.17) is 5.26 Å². The third-order valence-corrected chi connectivity index (χ3v) is 1.96. The highest BCUT2D eigenvalue weighted by molar-refractivity contribution is 5.73. The maximum atomic E-state index is 10.7. The Kier molecular flexibility index (Phi) is 2.87. The lowest BCUT2D eigenvalue weighted by atomic mass is 9.91. The van der Waals surface area contributed by atoms with Crippen molar-refractivity contribution < 1.29 is 4.79 Å². The first-order chi connectivity index (χ1) is 5.74. The SMILES string of the molecule is CC(=O)N[C@H]1C=CCC[C@H]1C#N. The van der Waals surface area contributed by atoms with E-state index in [-0.39, 0.29) is 17.9 Å². The fourth-order valence-corrected chi connectivity index (χ4v) is 1.36. The molecule has 12 heavy (non-hydrogen) atoms. The minimum absolute atomic E-state index is 0.0566. The average Bonchev–Trinajstić information content (AvgIpc) is 2.04. The molecule has 0 unspecified atom stereocenters. The fraction of sp³-hybridized carbons (Fsp3) is 0.556. The van der Waals surface area contributed by atoms with E-state index in [9.17, 15) is 4.79 Å². The van der Waals surface area contributed by atoms with Crippen LogP contribution in [-0.2, 0) is 4.79 Å². The summed E-state index contributed by atoms with van der Waals surface area (Å²) in [5.41, 5.74) is 0. The lowest BCUT2D eigenvalue weighted by molar-refractivity contribution is -0.119. The van der Waals surface area contributed by atoms with Crippen LogP contribution in [0.5, 0.6) is 0 Å². The van der Waals surface area contributed by atoms with Crippen LogP contribution < -0.4 is 5.32 Å². The standard InChI is InChI=1S/C9H12N2O/c1-7(12)11-9-5-3-2-4-8(9)6-10/h3,5,8-9H,2,4H2,1H3,(H,11,12)/t8-,9-/m0/s1. The summed E-state index contributed by atoms with van der Waals surface area (Å²) in [6.45, 7) is 1.47. The van der Waals surface area contributed by atoms with Crippen molar-refractivity contribution in [2.45, 2.75) is 25.8 Å². The molecule has 0 heterocycles. The minimum Gasteiger partial charge on any atom is -0.349 e. The molecule has 0 saturated heterocycles. The van der Waals surface area contributed by atoms with E-state index < -0.39 is 0 Å². The van der Waals surface area contributed by atoms with Gasteiger partial charge in [-0.05, 0) is 12.8 Å². The van der Waals surface area contributed by atoms with E-state index >= 15 is 0 Å². The number of nitriles is 1. The largest absolute Gasteiger partial charge is 0.349 e. The molecule has 1 N–H and O–H groups in total. The molecule has 3 nitrogen and oxygen atoms in total. The first-order valence-corrected chi connectivity index (χ1v) is 4.07. The molecule has 0 aromatic carbocycles. The Balaban J connectivity index is 2.59. The van der Waals surface area contributed by atoms with Crippen LogP contribution in [0.4, 0.5) is 0 Å². The molecule has 0 aromatic rings. The van der Waals surface area contributed by atoms with Crippen LogP contribution in [0.15, 0.2) is 12.2 Å². The molecular formula is C9H12N2O. The predicted molar refractivity (Wildman–Crippen MR) is 45.1 cm³/mol. The van der Waals surface area contributed by atoms with Gasteiger partial charge in [0, 0.05) is 6.92 Å². The van der Waals surface area contributed by atoms with Gasteiger partial charge in [0.2, 0.25) is 5.91 Å². The van der Waals surface area contributed by atoms with Gasteiger partial charge in [-0.25, -0.2) is 0 Å². The van der Waals surface area contributed by atoms with Gasteiger partial charge in [0.1, 0.15) is 0 Å². The van der Waals surface area contributed by atoms with Crippen molar-refractivity contribution in [2.24, 2.45) is 5.92 Å². The number of nitrogens with zero attached hydrogens (tertiary/aromatic N) is 1. The molecule has 64 valence electrons. The Bertz CT molecular complexity index is 239. The molecule has 2 atom stereocenters. The highest BCUT2D eigenvalue weighted by Gasteiger charge is 2.21. The van der Waals surface area contributed by atoms with Crippen molar-refractivity contribution in [2.75, 3.05) is 0 Å². The zero-order chi connectivity index (χ0) is 8.97. The van der Waals surface area contributed by atoms with Gasteiger partial charge < -0.3 is 5.32 Å². The van der Waals surface area contributed by atoms with E-state index in [1.807, 2.05) is 12.2 Å². The van der Waals surface area contributed by atoms with Crippen LogP contribution in [0.2, 0.25) is 0 Å². The Morgan fingerprint density at radius 3 is 3.08 bits per heavy atom. The van der Waals surface area contributed by atoms with Gasteiger partial charge in [0.15, 0.2) is 0 Å². The van der Waals surface area contributed by atoms with Crippen molar-refractivity contribution in [1.82, 2.24) is 5.32 Å². The Labute approximate surface area is 72.1 Å². The second-order valence-corrected chi connectivity index (χ2v) is 2.97. The van der Waals surface area contributed by atoms with Gasteiger partial charge in [0.05, 0.1) is 18.0 Å². The summed E-state index contributed by atoms with van der Waals surface area (Å²) in [5, 5.41) is 11.5. The minimum atomic E-state index is -0.0822. The summed E-state index contributed by atoms with van der Waals surface area (Å²) in [6, 6.07) is 2.11. The van der Waals surface area contributed by atoms with Crippen LogP contribution in [-0.4, -0.2) is 11.9 Å². The molecule has 0 fully saturated rings. The molecule has 1 amide bonds. The number of allylic oxidation sites excluding steroid dienone is 1. The Morgan fingerprint density at radius 2 is 2.50 bits per heavy atom. The fourth-order valence-electron chi connectivity index (χ4n) is 1.36. The number of amides is 1. The molecule has 0 bridgehead atoms. The molecule has 1 rings (SSSR count). The summed E-state index contributed by atoms with van der Waals surface area (Å²) in [6.07, 6.45) is 5.69. The summed E-state index contributed by atoms with van der Waals surface area (Å²) < 4.78 is 0. The molecular weight excluding hydrogens is 152 g/mol. The second-order valence-electron chi connectivity index (χ2n) is 2.97. The molecule has 0 aliphatic heterocycles. The van der Waals surface area contributed by atoms with Crippen molar-refractivity contribution >= 4 is 5.91 Å². The monoisotopic (exact) mass is 164 g/mol. The van der Waals surface area contributed by atoms with E-state index in [1.165, 1.54) is 6.92 Å². The van der Waals surface area contributed by atoms with Gasteiger partial charge >= 0.3 is 0 Å². The molecule has 0 radical (unpaired) electrons. The number of hydrogen-bond donors (Lipinski definition) is 1. The summed E-state index contributed by atoms with van der Waals surface area (Å²) >= 11 is 0. The average molecular weight is 164 g/mol. The number of carbonyl (C=O) groups excluding carboxylic acids is 1. The lowest BCUT2D eigenvalue weighted by Crippen LogP contribution is -2.38. The number of rotatable bonds is 1. The van der Waals surface area contributed by atoms with Crippen molar-refractivity contribution in [3.63, 3.8) is 0 Å². The molecule has 0 aromatic heterocycles. The van der Waals surface area contributed by atoms with Crippen molar-refractivity contribution in [3.8, 4) is 6.07 Å². The van der Waals surface area contributed by atoms with Crippen LogP contribution in [0.3, 0.4) is 0 Å². The maximum Gasteiger partial charge on any atom is 0.217 e. The lowest BCUT2D eigenvalue weighted by Gasteiger charge is -2.22. The summed E-state index contributed by atoms with van der Waals surface area (Å²) in [7, 11) is 0. The third-order valence-electron chi connectivity index (χ3n) is 1.96. The smallest absolute Gasteiger partial charge is 0.217 e. The molecule has 0 saturated carbocycles. The van der Waals surface area contributed by atoms with Gasteiger partial charge in [-0.1, -0.05) is 12.2 Å². The first-order valence-electron chi connectivity index (χ1n) is 4.07. The summed E-state index contributed by atoms with van der Waals surface area (Å²) in [5.74, 6) is -0.134. The maximum absolute atomic E-state index is 10.7. The predicted octanol–water partition coefficient (Wildman–Crippen LogP) is 0.981. The van der Waals surface area contributed by atoms with E-state index in [1.54, 1.807) is 0 Å². The molecule has 1 aliphatic carbocycles. The van der Waals surface area contributed by atoms with Crippen LogP contribution in [0.1, 0.15) is 19.8 Å². The number of hydrogen-bond acceptors (Lipinski definition) is 2. The van der Waals surface area contributed by atoms with E-state index in [0.717, 1.165) is 12.8 Å². The van der Waals surface area contributed by atoms with Crippen LogP contribution >= 0.6 is 0 Å². The first kappa shape index (κ1) is 8.79. The zero-order valence-corrected chi connectivity index (χ0v) is 7.08. The molecule has 3 heteroatoms. The number of carbonyl (C=O) groups is 1. The van der Waals surface area contributed by atoms with Crippen molar-refractivity contribution in [3.05, 3.63) is 12.2 Å². The molecule has 0 spiro atoms. The normalized spacial score (nSPS) is 27.7. The topological polar surface area (TPSA) is 52.9 Å². The highest BCUT2D eigenvalue weighted by Crippen LogP contribution is 2.17.